The molecule has 2 aromatic carbocycles. The van der Waals surface area contributed by atoms with Crippen molar-refractivity contribution in [3.8, 4) is 11.5 Å². The van der Waals surface area contributed by atoms with Crippen molar-refractivity contribution in [2.24, 2.45) is 0 Å². The highest BCUT2D eigenvalue weighted by Gasteiger charge is 2.23. The molecule has 0 aromatic heterocycles. The third-order valence-corrected chi connectivity index (χ3v) is 4.54. The summed E-state index contributed by atoms with van der Waals surface area (Å²) in [6.07, 6.45) is 5.23. The maximum atomic E-state index is 12.7. The van der Waals surface area contributed by atoms with Crippen molar-refractivity contribution in [1.82, 2.24) is 0 Å². The fourth-order valence-corrected chi connectivity index (χ4v) is 3.06. The zero-order chi connectivity index (χ0) is 17.8. The molecule has 0 bridgehead atoms. The molecule has 0 aliphatic heterocycles. The van der Waals surface area contributed by atoms with Gasteiger partial charge in [0.15, 0.2) is 5.78 Å². The van der Waals surface area contributed by atoms with Crippen molar-refractivity contribution in [3.05, 3.63) is 69.8 Å². The van der Waals surface area contributed by atoms with Crippen LogP contribution < -0.4 is 9.47 Å². The van der Waals surface area contributed by atoms with Crippen molar-refractivity contribution in [2.45, 2.75) is 12.8 Å². The van der Waals surface area contributed by atoms with Crippen LogP contribution in [0.1, 0.15) is 24.0 Å². The van der Waals surface area contributed by atoms with Gasteiger partial charge in [-0.3, -0.25) is 4.79 Å². The van der Waals surface area contributed by atoms with E-state index in [-0.39, 0.29) is 5.78 Å². The molecule has 0 heterocycles. The van der Waals surface area contributed by atoms with Crippen LogP contribution in [0.2, 0.25) is 5.02 Å². The summed E-state index contributed by atoms with van der Waals surface area (Å²) in [7, 11) is 3.22. The Labute approximate surface area is 152 Å². The summed E-state index contributed by atoms with van der Waals surface area (Å²) in [5.41, 5.74) is 3.33. The number of hydrogen-bond acceptors (Lipinski definition) is 3. The highest BCUT2D eigenvalue weighted by atomic mass is 35.5. The molecule has 0 atom stereocenters. The first-order valence-electron chi connectivity index (χ1n) is 8.04. The summed E-state index contributed by atoms with van der Waals surface area (Å²) in [4.78, 5) is 12.7. The van der Waals surface area contributed by atoms with Crippen LogP contribution in [-0.2, 0) is 4.79 Å². The smallest absolute Gasteiger partial charge is 0.185 e. The first-order chi connectivity index (χ1) is 12.1. The lowest BCUT2D eigenvalue weighted by Gasteiger charge is -2.06. The number of carbonyl (C=O) groups is 1. The first kappa shape index (κ1) is 17.3. The van der Waals surface area contributed by atoms with Gasteiger partial charge in [0.1, 0.15) is 11.5 Å². The summed E-state index contributed by atoms with van der Waals surface area (Å²) in [5, 5.41) is 0.651. The number of halogens is 1. The van der Waals surface area contributed by atoms with E-state index < -0.39 is 0 Å². The Morgan fingerprint density at radius 3 is 2.12 bits per heavy atom. The van der Waals surface area contributed by atoms with Gasteiger partial charge in [0.25, 0.3) is 0 Å². The van der Waals surface area contributed by atoms with Crippen LogP contribution in [0.5, 0.6) is 11.5 Å². The Balaban J connectivity index is 1.89. The molecule has 0 unspecified atom stereocenters. The van der Waals surface area contributed by atoms with Gasteiger partial charge in [0.2, 0.25) is 0 Å². The van der Waals surface area contributed by atoms with E-state index in [1.54, 1.807) is 20.3 Å². The van der Waals surface area contributed by atoms with Crippen LogP contribution >= 0.6 is 11.6 Å². The van der Waals surface area contributed by atoms with E-state index in [0.717, 1.165) is 28.7 Å². The summed E-state index contributed by atoms with van der Waals surface area (Å²) in [6.45, 7) is 0. The van der Waals surface area contributed by atoms with Crippen molar-refractivity contribution >= 4 is 29.5 Å². The number of ether oxygens (including phenoxy) is 2. The van der Waals surface area contributed by atoms with Crippen LogP contribution in [0.15, 0.2) is 53.6 Å². The fraction of sp³-hybridized carbons (Fsp3) is 0.190. The zero-order valence-electron chi connectivity index (χ0n) is 14.2. The second kappa shape index (κ2) is 7.58. The molecule has 128 valence electrons. The van der Waals surface area contributed by atoms with Crippen molar-refractivity contribution in [2.75, 3.05) is 14.2 Å². The molecule has 1 fully saturated rings. The van der Waals surface area contributed by atoms with Gasteiger partial charge in [-0.15, -0.1) is 0 Å². The largest absolute Gasteiger partial charge is 0.497 e. The van der Waals surface area contributed by atoms with Crippen molar-refractivity contribution in [3.63, 3.8) is 0 Å². The average Bonchev–Trinajstić information content (AvgIpc) is 2.96. The number of rotatable bonds is 4. The lowest BCUT2D eigenvalue weighted by atomic mass is 10.1. The molecular weight excluding hydrogens is 336 g/mol. The van der Waals surface area contributed by atoms with Crippen LogP contribution in [0.3, 0.4) is 0 Å². The number of methoxy groups -OCH3 is 2. The third-order valence-electron chi connectivity index (χ3n) is 4.20. The normalized spacial score (nSPS) is 17.3. The summed E-state index contributed by atoms with van der Waals surface area (Å²) in [5.74, 6) is 1.47. The maximum absolute atomic E-state index is 12.7. The summed E-state index contributed by atoms with van der Waals surface area (Å²) < 4.78 is 10.6. The number of allylic oxidation sites excluding steroid dienone is 2. The Bertz CT molecular complexity index is 843. The zero-order valence-corrected chi connectivity index (χ0v) is 15.0. The summed E-state index contributed by atoms with van der Waals surface area (Å²) in [6, 6.07) is 13.1. The maximum Gasteiger partial charge on any atom is 0.185 e. The quantitative estimate of drug-likeness (QED) is 0.709. The molecule has 3 nitrogen and oxygen atoms in total. The molecule has 0 spiro atoms. The fourth-order valence-electron chi connectivity index (χ4n) is 2.87. The molecule has 1 aliphatic carbocycles. The highest BCUT2D eigenvalue weighted by molar-refractivity contribution is 6.32. The Hall–Kier alpha value is -2.52. The number of hydrogen-bond donors (Lipinski definition) is 0. The van der Waals surface area contributed by atoms with Crippen molar-refractivity contribution in [1.29, 1.82) is 0 Å². The van der Waals surface area contributed by atoms with E-state index in [1.807, 2.05) is 48.6 Å². The average molecular weight is 355 g/mol. The molecule has 1 aliphatic rings. The van der Waals surface area contributed by atoms with E-state index >= 15 is 0 Å². The van der Waals surface area contributed by atoms with Gasteiger partial charge >= 0.3 is 0 Å². The molecule has 3 rings (SSSR count). The third kappa shape index (κ3) is 3.94. The molecule has 1 saturated carbocycles. The Morgan fingerprint density at radius 2 is 1.52 bits per heavy atom. The minimum absolute atomic E-state index is 0.0710. The summed E-state index contributed by atoms with van der Waals surface area (Å²) >= 11 is 6.19. The van der Waals surface area contributed by atoms with Gasteiger partial charge in [0.05, 0.1) is 14.2 Å². The minimum atomic E-state index is 0.0710. The minimum Gasteiger partial charge on any atom is -0.497 e. The van der Waals surface area contributed by atoms with E-state index in [9.17, 15) is 4.79 Å². The van der Waals surface area contributed by atoms with E-state index in [0.29, 0.717) is 22.9 Å². The van der Waals surface area contributed by atoms with Gasteiger partial charge < -0.3 is 9.47 Å². The van der Waals surface area contributed by atoms with E-state index in [1.165, 1.54) is 0 Å². The molecule has 2 aromatic rings. The number of carbonyl (C=O) groups excluding carboxylic acids is 1. The predicted octanol–water partition coefficient (Wildman–Crippen LogP) is 5.19. The van der Waals surface area contributed by atoms with Crippen LogP contribution in [0.25, 0.3) is 12.2 Å². The lowest BCUT2D eigenvalue weighted by Crippen LogP contribution is -1.96. The van der Waals surface area contributed by atoms with Gasteiger partial charge in [-0.05, 0) is 54.3 Å². The van der Waals surface area contributed by atoms with E-state index in [2.05, 4.69) is 0 Å². The first-order valence-corrected chi connectivity index (χ1v) is 8.42. The van der Waals surface area contributed by atoms with E-state index in [4.69, 9.17) is 21.1 Å². The van der Waals surface area contributed by atoms with Gasteiger partial charge in [-0.25, -0.2) is 0 Å². The molecule has 0 radical (unpaired) electrons. The second-order valence-electron chi connectivity index (χ2n) is 5.84. The van der Waals surface area contributed by atoms with Gasteiger partial charge in [-0.2, -0.15) is 0 Å². The molecule has 4 heteroatoms. The molecule has 0 amide bonds. The monoisotopic (exact) mass is 354 g/mol. The molecule has 0 saturated heterocycles. The standard InChI is InChI=1S/C21H19ClO3/c1-24-18-10-14(11-19(13-18)25-2)9-16-7-8-17(21(16)23)12-15-5-3-4-6-20(15)22/h3-6,9-13H,7-8H2,1-2H3/b16-9+,17-12+. The molecule has 0 N–H and O–H groups in total. The van der Waals surface area contributed by atoms with Crippen LogP contribution in [0, 0.1) is 0 Å². The van der Waals surface area contributed by atoms with Crippen molar-refractivity contribution < 1.29 is 14.3 Å². The number of ketones is 1. The predicted molar refractivity (Wildman–Crippen MR) is 101 cm³/mol. The van der Waals surface area contributed by atoms with Gasteiger partial charge in [0, 0.05) is 22.2 Å². The molecule has 25 heavy (non-hydrogen) atoms. The topological polar surface area (TPSA) is 35.5 Å². The van der Waals surface area contributed by atoms with Crippen LogP contribution in [0.4, 0.5) is 0 Å². The number of benzene rings is 2. The van der Waals surface area contributed by atoms with Crippen LogP contribution in [-0.4, -0.2) is 20.0 Å². The van der Waals surface area contributed by atoms with Gasteiger partial charge in [-0.1, -0.05) is 29.8 Å². The number of Topliss-reactive ketones (excluding diaryl/α,β-unsaturated/α-hetero) is 1. The highest BCUT2D eigenvalue weighted by Crippen LogP contribution is 2.32. The second-order valence-corrected chi connectivity index (χ2v) is 6.24. The Morgan fingerprint density at radius 1 is 0.920 bits per heavy atom. The molecular formula is C21H19ClO3. The lowest BCUT2D eigenvalue weighted by molar-refractivity contribution is -0.111. The Kier molecular flexibility index (Phi) is 5.25. The SMILES string of the molecule is COc1cc(/C=C2\CC/C(=C\c3ccccc3Cl)C2=O)cc(OC)c1.